The molecule has 0 aromatic heterocycles. The molecule has 0 bridgehead atoms. The third-order valence-corrected chi connectivity index (χ3v) is 9.75. The first-order valence-corrected chi connectivity index (χ1v) is 18.5. The first-order valence-electron chi connectivity index (χ1n) is 15.9. The van der Waals surface area contributed by atoms with Crippen LogP contribution < -0.4 is 9.46 Å². The molecule has 0 saturated carbocycles. The molecule has 1 saturated heterocycles. The highest BCUT2D eigenvalue weighted by Gasteiger charge is 2.45. The molecular weight excluding hydrogens is 705 g/mol. The summed E-state index contributed by atoms with van der Waals surface area (Å²) in [5.41, 5.74) is 3.58. The number of aliphatic imine (C=N–C) groups is 1. The second kappa shape index (κ2) is 16.9. The third kappa shape index (κ3) is 9.90. The van der Waals surface area contributed by atoms with E-state index < -0.39 is 22.1 Å². The zero-order chi connectivity index (χ0) is 33.9. The number of rotatable bonds is 9. The molecule has 13 heteroatoms. The van der Waals surface area contributed by atoms with Crippen LogP contribution in [0, 0.1) is 0 Å². The Morgan fingerprint density at radius 3 is 2.04 bits per heavy atom. The molecule has 268 valence electrons. The minimum Gasteiger partial charge on any atom is -0.493 e. The number of nitrogens with zero attached hydrogens (tertiary/aromatic N) is 4. The molecule has 1 fully saturated rings. The summed E-state index contributed by atoms with van der Waals surface area (Å²) >= 11 is 12.6. The second-order valence-corrected chi connectivity index (χ2v) is 15.7. The number of benzene rings is 3. The van der Waals surface area contributed by atoms with Gasteiger partial charge in [0.15, 0.2) is 0 Å². The highest BCUT2D eigenvalue weighted by molar-refractivity contribution is 7.88. The van der Waals surface area contributed by atoms with E-state index in [1.165, 1.54) is 0 Å². The predicted octanol–water partition coefficient (Wildman–Crippen LogP) is 7.58. The van der Waals surface area contributed by atoms with E-state index in [9.17, 15) is 13.2 Å². The van der Waals surface area contributed by atoms with E-state index in [4.69, 9.17) is 32.9 Å². The minimum absolute atomic E-state index is 0. The summed E-state index contributed by atoms with van der Waals surface area (Å²) < 4.78 is 31.8. The molecule has 2 aliphatic rings. The Bertz CT molecular complexity index is 1710. The van der Waals surface area contributed by atoms with Crippen LogP contribution in [0.5, 0.6) is 5.75 Å². The van der Waals surface area contributed by atoms with Gasteiger partial charge in [0.05, 0.1) is 24.5 Å². The average molecular weight is 753 g/mol. The quantitative estimate of drug-likeness (QED) is 0.243. The van der Waals surface area contributed by atoms with E-state index in [0.717, 1.165) is 28.5 Å². The van der Waals surface area contributed by atoms with E-state index in [1.807, 2.05) is 71.3 Å². The van der Waals surface area contributed by atoms with Crippen LogP contribution in [0.15, 0.2) is 71.7 Å². The van der Waals surface area contributed by atoms with Crippen molar-refractivity contribution >= 4 is 57.5 Å². The van der Waals surface area contributed by atoms with Crippen molar-refractivity contribution in [3.05, 3.63) is 99.0 Å². The number of amides is 2. The van der Waals surface area contributed by atoms with Gasteiger partial charge in [-0.3, -0.25) is 14.8 Å². The fraction of sp³-hybridized carbons (Fsp3) is 0.444. The van der Waals surface area contributed by atoms with Gasteiger partial charge in [-0.1, -0.05) is 81.7 Å². The zero-order valence-corrected chi connectivity index (χ0v) is 31.1. The van der Waals surface area contributed by atoms with Gasteiger partial charge in [-0.05, 0) is 65.4 Å². The van der Waals surface area contributed by atoms with Crippen molar-refractivity contribution in [2.75, 3.05) is 52.1 Å². The van der Waals surface area contributed by atoms with Crippen molar-refractivity contribution in [1.29, 1.82) is 0 Å². The number of hydrogen-bond acceptors (Lipinski definition) is 6. The molecule has 2 amide bonds. The monoisotopic (exact) mass is 751 g/mol. The van der Waals surface area contributed by atoms with E-state index in [1.54, 1.807) is 0 Å². The second-order valence-electron chi connectivity index (χ2n) is 13.0. The molecule has 9 nitrogen and oxygen atoms in total. The van der Waals surface area contributed by atoms with Crippen molar-refractivity contribution in [3.63, 3.8) is 0 Å². The van der Waals surface area contributed by atoms with Gasteiger partial charge in [-0.15, -0.1) is 12.4 Å². The standard InChI is InChI=1S/C35H43Cl2N5O4S.CH4.ClH/c1-6-46-30-23-26(35(2,3)4)11-16-29(30)33-39-31(24-7-12-27(36)13-8-24)32(25-9-14-28(37)15-10-25)42(33)34(43)41-21-19-40(20-22-41)18-17-38-47(5,44)45;;/h7-16,23,31-32,38H,6,17-22H2,1-5H3;1H4;1H/t31-,32+;;/m0../s1. The molecule has 0 unspecified atom stereocenters. The fourth-order valence-electron chi connectivity index (χ4n) is 6.01. The molecule has 0 radical (unpaired) electrons. The highest BCUT2D eigenvalue weighted by Crippen LogP contribution is 2.46. The Labute approximate surface area is 308 Å². The van der Waals surface area contributed by atoms with E-state index in [2.05, 4.69) is 42.5 Å². The predicted molar refractivity (Wildman–Crippen MR) is 203 cm³/mol. The number of carbonyl (C=O) groups is 1. The van der Waals surface area contributed by atoms with Gasteiger partial charge in [0.1, 0.15) is 17.6 Å². The molecule has 1 N–H and O–H groups in total. The summed E-state index contributed by atoms with van der Waals surface area (Å²) in [6.45, 7) is 12.0. The fourth-order valence-corrected chi connectivity index (χ4v) is 6.72. The minimum atomic E-state index is -3.26. The van der Waals surface area contributed by atoms with Gasteiger partial charge in [-0.25, -0.2) is 17.9 Å². The Morgan fingerprint density at radius 2 is 1.51 bits per heavy atom. The van der Waals surface area contributed by atoms with Gasteiger partial charge < -0.3 is 9.64 Å². The Kier molecular flexibility index (Phi) is 14.0. The first kappa shape index (κ1) is 40.6. The number of nitrogens with one attached hydrogen (secondary N) is 1. The molecule has 2 heterocycles. The normalized spacial score (nSPS) is 18.4. The molecule has 3 aromatic carbocycles. The maximum atomic E-state index is 14.8. The summed E-state index contributed by atoms with van der Waals surface area (Å²) in [4.78, 5) is 25.9. The number of hydrogen-bond donors (Lipinski definition) is 1. The van der Waals surface area contributed by atoms with Crippen molar-refractivity contribution in [1.82, 2.24) is 19.4 Å². The molecule has 2 aliphatic heterocycles. The Hall–Kier alpha value is -2.86. The number of carbonyl (C=O) groups excluding carboxylic acids is 1. The smallest absolute Gasteiger partial charge is 0.326 e. The number of halogens is 3. The number of ether oxygens (including phenoxy) is 1. The van der Waals surface area contributed by atoms with Gasteiger partial charge in [0, 0.05) is 49.3 Å². The van der Waals surface area contributed by atoms with Gasteiger partial charge in [0.2, 0.25) is 10.0 Å². The van der Waals surface area contributed by atoms with Crippen LogP contribution >= 0.6 is 35.6 Å². The highest BCUT2D eigenvalue weighted by atomic mass is 35.5. The Balaban J connectivity index is 0.00000325. The average Bonchev–Trinajstić information content (AvgIpc) is 3.41. The van der Waals surface area contributed by atoms with Crippen LogP contribution in [0.2, 0.25) is 10.0 Å². The lowest BCUT2D eigenvalue weighted by molar-refractivity contribution is 0.120. The maximum Gasteiger partial charge on any atom is 0.326 e. The summed E-state index contributed by atoms with van der Waals surface area (Å²) in [7, 11) is -3.26. The van der Waals surface area contributed by atoms with Crippen molar-refractivity contribution in [3.8, 4) is 5.75 Å². The summed E-state index contributed by atoms with van der Waals surface area (Å²) in [5.74, 6) is 1.21. The van der Waals surface area contributed by atoms with Crippen molar-refractivity contribution < 1.29 is 17.9 Å². The number of urea groups is 1. The SMILES string of the molecule is C.CCOc1cc(C(C)(C)C)ccc1C1=N[C@@H](c2ccc(Cl)cc2)[C@@H](c2ccc(Cl)cc2)N1C(=O)N1CCN(CCNS(C)(=O)=O)CC1.Cl. The van der Waals surface area contributed by atoms with Crippen LogP contribution in [0.4, 0.5) is 4.79 Å². The molecule has 49 heavy (non-hydrogen) atoms. The van der Waals surface area contributed by atoms with Crippen LogP contribution in [0.3, 0.4) is 0 Å². The Morgan fingerprint density at radius 1 is 0.939 bits per heavy atom. The first-order chi connectivity index (χ1) is 22.2. The molecule has 0 aliphatic carbocycles. The molecule has 0 spiro atoms. The van der Waals surface area contributed by atoms with Crippen molar-refractivity contribution in [2.45, 2.75) is 52.6 Å². The molecule has 2 atom stereocenters. The summed E-state index contributed by atoms with van der Waals surface area (Å²) in [6.07, 6.45) is 1.15. The maximum absolute atomic E-state index is 14.8. The molecular formula is C36H48Cl3N5O4S. The van der Waals surface area contributed by atoms with Crippen LogP contribution in [0.25, 0.3) is 0 Å². The third-order valence-electron chi connectivity index (χ3n) is 8.52. The van der Waals surface area contributed by atoms with Crippen molar-refractivity contribution in [2.24, 2.45) is 4.99 Å². The number of piperazine rings is 1. The molecule has 5 rings (SSSR count). The van der Waals surface area contributed by atoms with Crippen LogP contribution in [-0.4, -0.2) is 87.1 Å². The lowest BCUT2D eigenvalue weighted by Gasteiger charge is -2.39. The van der Waals surface area contributed by atoms with Gasteiger partial charge in [0.25, 0.3) is 0 Å². The van der Waals surface area contributed by atoms with Gasteiger partial charge >= 0.3 is 6.03 Å². The molecule has 3 aromatic rings. The van der Waals surface area contributed by atoms with E-state index in [-0.39, 0.29) is 31.3 Å². The number of amidine groups is 1. The number of sulfonamides is 1. The lowest BCUT2D eigenvalue weighted by Crippen LogP contribution is -2.54. The van der Waals surface area contributed by atoms with Crippen LogP contribution in [-0.2, 0) is 15.4 Å². The van der Waals surface area contributed by atoms with Gasteiger partial charge in [-0.2, -0.15) is 0 Å². The topological polar surface area (TPSA) is 94.6 Å². The van der Waals surface area contributed by atoms with Crippen LogP contribution in [0.1, 0.15) is 69.5 Å². The summed E-state index contributed by atoms with van der Waals surface area (Å²) in [6, 6.07) is 20.3. The summed E-state index contributed by atoms with van der Waals surface area (Å²) in [5, 5.41) is 1.22. The zero-order valence-electron chi connectivity index (χ0n) is 27.9. The lowest BCUT2D eigenvalue weighted by atomic mass is 9.86. The van der Waals surface area contributed by atoms with E-state index in [0.29, 0.717) is 67.5 Å². The van der Waals surface area contributed by atoms with E-state index >= 15 is 0 Å². The largest absolute Gasteiger partial charge is 0.493 e.